The van der Waals surface area contributed by atoms with Gasteiger partial charge >= 0.3 is 0 Å². The second-order valence-corrected chi connectivity index (χ2v) is 7.94. The van der Waals surface area contributed by atoms with Crippen molar-refractivity contribution >= 4 is 37.7 Å². The third kappa shape index (κ3) is 2.54. The van der Waals surface area contributed by atoms with Crippen molar-refractivity contribution in [3.8, 4) is 0 Å². The number of sulfonamides is 1. The molecule has 3 rings (SSSR count). The Bertz CT molecular complexity index is 770. The van der Waals surface area contributed by atoms with Crippen molar-refractivity contribution in [2.24, 2.45) is 0 Å². The molecule has 0 aliphatic heterocycles. The van der Waals surface area contributed by atoms with Crippen LogP contribution in [0.5, 0.6) is 0 Å². The summed E-state index contributed by atoms with van der Waals surface area (Å²) in [5, 5.41) is 6.88. The second-order valence-electron chi connectivity index (χ2n) is 3.84. The summed E-state index contributed by atoms with van der Waals surface area (Å²) in [7, 11) is -3.44. The molecule has 0 aliphatic carbocycles. The minimum atomic E-state index is -3.44. The lowest BCUT2D eigenvalue weighted by Crippen LogP contribution is -2.22. The van der Waals surface area contributed by atoms with E-state index in [0.717, 1.165) is 9.97 Å². The average Bonchev–Trinajstić information content (AvgIpc) is 3.00. The van der Waals surface area contributed by atoms with Gasteiger partial charge in [-0.15, -0.1) is 11.3 Å². The molecule has 0 atom stereocenters. The smallest absolute Gasteiger partial charge is 0.221 e. The highest BCUT2D eigenvalue weighted by Gasteiger charge is 2.15. The normalized spacial score (nSPS) is 12.3. The average molecular weight is 314 g/mol. The Labute approximate surface area is 117 Å². The van der Waals surface area contributed by atoms with E-state index < -0.39 is 10.0 Å². The highest BCUT2D eigenvalue weighted by Crippen LogP contribution is 2.17. The van der Waals surface area contributed by atoms with Crippen molar-refractivity contribution < 1.29 is 8.42 Å². The third-order valence-corrected chi connectivity index (χ3v) is 6.03. The van der Waals surface area contributed by atoms with Gasteiger partial charge in [0.15, 0.2) is 0 Å². The van der Waals surface area contributed by atoms with Gasteiger partial charge in [0.05, 0.1) is 18.4 Å². The Morgan fingerprint density at radius 2 is 2.32 bits per heavy atom. The fraction of sp³-hybridized carbons (Fsp3) is 0.200. The van der Waals surface area contributed by atoms with Crippen LogP contribution >= 0.6 is 22.7 Å². The molecular formula is C10H10N4O2S3. The van der Waals surface area contributed by atoms with E-state index in [-0.39, 0.29) is 6.54 Å². The predicted molar refractivity (Wildman–Crippen MR) is 73.9 cm³/mol. The number of thiophene rings is 1. The first-order valence-corrected chi connectivity index (χ1v) is 8.57. The van der Waals surface area contributed by atoms with Crippen molar-refractivity contribution in [3.63, 3.8) is 0 Å². The molecule has 3 aromatic heterocycles. The lowest BCUT2D eigenvalue weighted by atomic mass is 10.5. The summed E-state index contributed by atoms with van der Waals surface area (Å²) in [6, 6.07) is 3.28. The van der Waals surface area contributed by atoms with Crippen LogP contribution in [0.3, 0.4) is 0 Å². The summed E-state index contributed by atoms with van der Waals surface area (Å²) in [5.74, 6) is 0. The maximum Gasteiger partial charge on any atom is 0.250 e. The fourth-order valence-corrected chi connectivity index (χ4v) is 4.37. The SMILES string of the molecule is Cc1nn2cc(CNS(=O)(=O)c3cccs3)nc2s1. The van der Waals surface area contributed by atoms with Gasteiger partial charge < -0.3 is 0 Å². The largest absolute Gasteiger partial charge is 0.250 e. The van der Waals surface area contributed by atoms with E-state index in [4.69, 9.17) is 0 Å². The first-order valence-electron chi connectivity index (χ1n) is 5.39. The Hall–Kier alpha value is -1.29. The topological polar surface area (TPSA) is 76.4 Å². The molecule has 0 amide bonds. The van der Waals surface area contributed by atoms with E-state index in [0.29, 0.717) is 9.90 Å². The number of imidazole rings is 1. The van der Waals surface area contributed by atoms with Gasteiger partial charge in [0.2, 0.25) is 15.0 Å². The van der Waals surface area contributed by atoms with Crippen LogP contribution in [-0.2, 0) is 16.6 Å². The zero-order chi connectivity index (χ0) is 13.5. The van der Waals surface area contributed by atoms with Crippen molar-refractivity contribution in [2.45, 2.75) is 17.7 Å². The Balaban J connectivity index is 1.77. The highest BCUT2D eigenvalue weighted by molar-refractivity contribution is 7.91. The zero-order valence-electron chi connectivity index (χ0n) is 9.90. The summed E-state index contributed by atoms with van der Waals surface area (Å²) < 4.78 is 28.3. The molecule has 0 saturated carbocycles. The van der Waals surface area contributed by atoms with E-state index in [1.807, 2.05) is 6.92 Å². The number of hydrogen-bond donors (Lipinski definition) is 1. The molecule has 0 fully saturated rings. The van der Waals surface area contributed by atoms with Gasteiger partial charge in [0.1, 0.15) is 9.22 Å². The zero-order valence-corrected chi connectivity index (χ0v) is 12.3. The molecule has 0 bridgehead atoms. The number of aromatic nitrogens is 3. The van der Waals surface area contributed by atoms with Crippen molar-refractivity contribution in [1.29, 1.82) is 0 Å². The summed E-state index contributed by atoms with van der Waals surface area (Å²) >= 11 is 2.66. The quantitative estimate of drug-likeness (QED) is 0.794. The summed E-state index contributed by atoms with van der Waals surface area (Å²) in [5.41, 5.74) is 0.652. The van der Waals surface area contributed by atoms with E-state index in [1.54, 1.807) is 28.2 Å². The standard InChI is InChI=1S/C10H10N4O2S3/c1-7-13-14-6-8(12-10(14)18-7)5-11-19(15,16)9-3-2-4-17-9/h2-4,6,11H,5H2,1H3. The van der Waals surface area contributed by atoms with Crippen molar-refractivity contribution in [1.82, 2.24) is 19.3 Å². The highest BCUT2D eigenvalue weighted by atomic mass is 32.2. The number of rotatable bonds is 4. The van der Waals surface area contributed by atoms with Crippen LogP contribution in [0.15, 0.2) is 27.9 Å². The molecule has 0 radical (unpaired) electrons. The molecule has 19 heavy (non-hydrogen) atoms. The van der Waals surface area contributed by atoms with Crippen LogP contribution in [0.25, 0.3) is 4.96 Å². The lowest BCUT2D eigenvalue weighted by molar-refractivity contribution is 0.582. The van der Waals surface area contributed by atoms with Gasteiger partial charge in [-0.1, -0.05) is 17.4 Å². The molecule has 0 unspecified atom stereocenters. The Morgan fingerprint density at radius 1 is 1.47 bits per heavy atom. The van der Waals surface area contributed by atoms with Gasteiger partial charge in [-0.25, -0.2) is 22.6 Å². The van der Waals surface area contributed by atoms with Crippen LogP contribution in [0, 0.1) is 6.92 Å². The first kappa shape index (κ1) is 12.7. The number of nitrogens with zero attached hydrogens (tertiary/aromatic N) is 3. The molecular weight excluding hydrogens is 304 g/mol. The molecule has 9 heteroatoms. The van der Waals surface area contributed by atoms with E-state index in [9.17, 15) is 8.42 Å². The van der Waals surface area contributed by atoms with Gasteiger partial charge in [0.25, 0.3) is 0 Å². The van der Waals surface area contributed by atoms with Gasteiger partial charge in [-0.3, -0.25) is 0 Å². The van der Waals surface area contributed by atoms with Crippen molar-refractivity contribution in [3.05, 3.63) is 34.4 Å². The molecule has 3 aromatic rings. The van der Waals surface area contributed by atoms with E-state index in [1.165, 1.54) is 22.7 Å². The number of fused-ring (bicyclic) bond motifs is 1. The van der Waals surface area contributed by atoms with E-state index in [2.05, 4.69) is 14.8 Å². The van der Waals surface area contributed by atoms with Gasteiger partial charge in [-0.2, -0.15) is 5.10 Å². The maximum atomic E-state index is 11.9. The number of hydrogen-bond acceptors (Lipinski definition) is 6. The number of nitrogens with one attached hydrogen (secondary N) is 1. The second kappa shape index (κ2) is 4.67. The molecule has 6 nitrogen and oxygen atoms in total. The monoisotopic (exact) mass is 314 g/mol. The predicted octanol–water partition coefficient (Wildman–Crippen LogP) is 1.64. The molecule has 100 valence electrons. The molecule has 0 saturated heterocycles. The van der Waals surface area contributed by atoms with Crippen LogP contribution in [0.4, 0.5) is 0 Å². The maximum absolute atomic E-state index is 11.9. The fourth-order valence-electron chi connectivity index (χ4n) is 1.59. The molecule has 0 aliphatic rings. The van der Waals surface area contributed by atoms with Crippen LogP contribution in [0.2, 0.25) is 0 Å². The summed E-state index contributed by atoms with van der Waals surface area (Å²) in [6.07, 6.45) is 1.73. The third-order valence-electron chi connectivity index (χ3n) is 2.40. The van der Waals surface area contributed by atoms with Crippen LogP contribution in [-0.4, -0.2) is 23.0 Å². The first-order chi connectivity index (χ1) is 9.04. The minimum Gasteiger partial charge on any atom is -0.221 e. The molecule has 0 aromatic carbocycles. The van der Waals surface area contributed by atoms with Crippen LogP contribution < -0.4 is 4.72 Å². The Kier molecular flexibility index (Phi) is 3.13. The summed E-state index contributed by atoms with van der Waals surface area (Å²) in [6.45, 7) is 2.06. The van der Waals surface area contributed by atoms with Crippen LogP contribution in [0.1, 0.15) is 10.7 Å². The summed E-state index contributed by atoms with van der Waals surface area (Å²) in [4.78, 5) is 5.08. The van der Waals surface area contributed by atoms with Gasteiger partial charge in [-0.05, 0) is 18.4 Å². The van der Waals surface area contributed by atoms with Crippen molar-refractivity contribution in [2.75, 3.05) is 0 Å². The van der Waals surface area contributed by atoms with Gasteiger partial charge in [0, 0.05) is 0 Å². The Morgan fingerprint density at radius 3 is 3.00 bits per heavy atom. The molecule has 1 N–H and O–H groups in total. The number of aryl methyl sites for hydroxylation is 1. The lowest BCUT2D eigenvalue weighted by Gasteiger charge is -2.01. The molecule has 0 spiro atoms. The minimum absolute atomic E-state index is 0.162. The van der Waals surface area contributed by atoms with E-state index >= 15 is 0 Å². The molecule has 3 heterocycles.